The molecule has 65 heavy (non-hydrogen) atoms. The number of aryl methyl sites for hydroxylation is 8. The van der Waals surface area contributed by atoms with Gasteiger partial charge in [0, 0.05) is 48.9 Å². The number of nitrogens with zero attached hydrogens (tertiary/aromatic N) is 1. The van der Waals surface area contributed by atoms with Gasteiger partial charge in [0.05, 0.1) is 16.6 Å². The minimum Gasteiger partial charge on any atom is -0.354 e. The Labute approximate surface area is 386 Å². The second-order valence-electron chi connectivity index (χ2n) is 18.6. The van der Waals surface area contributed by atoms with Crippen molar-refractivity contribution in [2.75, 3.05) is 0 Å². The molecule has 0 saturated heterocycles. The lowest BCUT2D eigenvalue weighted by Crippen LogP contribution is -1.96. The highest BCUT2D eigenvalue weighted by Crippen LogP contribution is 2.44. The molecule has 2 aromatic heterocycles. The van der Waals surface area contributed by atoms with Gasteiger partial charge in [-0.2, -0.15) is 0 Å². The van der Waals surface area contributed by atoms with Crippen LogP contribution in [0.25, 0.3) is 105 Å². The van der Waals surface area contributed by atoms with Gasteiger partial charge in [-0.1, -0.05) is 125 Å². The van der Waals surface area contributed by atoms with Gasteiger partial charge in [0.15, 0.2) is 0 Å². The van der Waals surface area contributed by atoms with Crippen molar-refractivity contribution in [2.45, 2.75) is 55.4 Å². The lowest BCUT2D eigenvalue weighted by Gasteiger charge is -2.15. The molecule has 3 heteroatoms. The predicted octanol–water partition coefficient (Wildman–Crippen LogP) is 17.9. The quantitative estimate of drug-likeness (QED) is 0.172. The highest BCUT2D eigenvalue weighted by molar-refractivity contribution is 6.34. The number of hydrogen-bond acceptors (Lipinski definition) is 0. The Morgan fingerprint density at radius 1 is 0.369 bits per heavy atom. The number of fused-ring (bicyclic) bond motifs is 6. The maximum atomic E-state index is 7.42. The van der Waals surface area contributed by atoms with Gasteiger partial charge >= 0.3 is 0 Å². The van der Waals surface area contributed by atoms with E-state index < -0.39 is 0 Å². The average molecular weight is 860 g/mol. The molecule has 0 aliphatic carbocycles. The van der Waals surface area contributed by atoms with Crippen LogP contribution in [0.2, 0.25) is 5.02 Å². The van der Waals surface area contributed by atoms with E-state index in [0.717, 1.165) is 44.4 Å². The van der Waals surface area contributed by atoms with Gasteiger partial charge < -0.3 is 9.55 Å². The second-order valence-corrected chi connectivity index (χ2v) is 19.0. The molecule has 0 saturated carbocycles. The molecular weight excluding hydrogens is 808 g/mol. The summed E-state index contributed by atoms with van der Waals surface area (Å²) < 4.78 is 2.43. The van der Waals surface area contributed by atoms with Crippen LogP contribution in [0.15, 0.2) is 158 Å². The van der Waals surface area contributed by atoms with Crippen molar-refractivity contribution in [1.82, 2.24) is 9.55 Å². The monoisotopic (exact) mass is 858 g/mol. The lowest BCUT2D eigenvalue weighted by atomic mass is 9.93. The van der Waals surface area contributed by atoms with Crippen molar-refractivity contribution >= 4 is 55.2 Å². The summed E-state index contributed by atoms with van der Waals surface area (Å²) in [6.45, 7) is 17.6. The summed E-state index contributed by atoms with van der Waals surface area (Å²) >= 11 is 7.42. The fourth-order valence-electron chi connectivity index (χ4n) is 10.9. The van der Waals surface area contributed by atoms with Crippen LogP contribution in [0.5, 0.6) is 0 Å². The first kappa shape index (κ1) is 40.6. The molecule has 0 fully saturated rings. The molecule has 0 radical (unpaired) electrons. The first-order chi connectivity index (χ1) is 31.4. The third-order valence-electron chi connectivity index (χ3n) is 13.6. The standard InChI is InChI=1S/C62H51ClN2/c1-35-23-36(2)26-46(25-35)43-15-20-57-51(29-43)55-33-48(47-27-37(3)24-38(4)28-47)32-54(62(55)64-57)50-34-49(18-19-56(50)63)65-58-21-16-44(60-39(5)11-9-12-40(60)6)30-52(58)53-31-45(17-22-59(53)65)61-41(7)13-10-14-42(61)8/h9-34,64H,1-8H3. The molecule has 11 aromatic rings. The first-order valence-corrected chi connectivity index (χ1v) is 23.0. The number of hydrogen-bond donors (Lipinski definition) is 1. The minimum absolute atomic E-state index is 0.706. The van der Waals surface area contributed by atoms with Crippen molar-refractivity contribution in [1.29, 1.82) is 0 Å². The van der Waals surface area contributed by atoms with E-state index in [1.807, 2.05) is 0 Å². The molecule has 2 nitrogen and oxygen atoms in total. The minimum atomic E-state index is 0.706. The zero-order valence-corrected chi connectivity index (χ0v) is 39.1. The molecule has 11 rings (SSSR count). The van der Waals surface area contributed by atoms with Crippen LogP contribution in [0.4, 0.5) is 0 Å². The van der Waals surface area contributed by atoms with Crippen LogP contribution >= 0.6 is 11.6 Å². The fourth-order valence-corrected chi connectivity index (χ4v) is 11.1. The Morgan fingerprint density at radius 2 is 0.831 bits per heavy atom. The molecule has 0 bridgehead atoms. The van der Waals surface area contributed by atoms with Gasteiger partial charge in [-0.25, -0.2) is 0 Å². The van der Waals surface area contributed by atoms with Crippen molar-refractivity contribution in [2.24, 2.45) is 0 Å². The van der Waals surface area contributed by atoms with Gasteiger partial charge in [0.25, 0.3) is 0 Å². The van der Waals surface area contributed by atoms with Gasteiger partial charge in [0.1, 0.15) is 0 Å². The van der Waals surface area contributed by atoms with Crippen LogP contribution in [0.1, 0.15) is 44.5 Å². The third-order valence-corrected chi connectivity index (χ3v) is 14.0. The van der Waals surface area contributed by atoms with Crippen molar-refractivity contribution in [3.8, 4) is 61.3 Å². The number of halogens is 1. The molecule has 2 heterocycles. The molecule has 0 spiro atoms. The SMILES string of the molecule is Cc1cc(C)cc(-c2ccc3[nH]c4c(-c5cc(-n6c7ccc(-c8c(C)cccc8C)cc7c7cc(-c8c(C)cccc8C)ccc76)ccc5Cl)cc(-c5cc(C)cc(C)c5)cc4c3c2)c1. The molecule has 0 amide bonds. The number of aromatic amines is 1. The maximum absolute atomic E-state index is 7.42. The summed E-state index contributed by atoms with van der Waals surface area (Å²) in [6.07, 6.45) is 0. The van der Waals surface area contributed by atoms with Gasteiger partial charge in [0.2, 0.25) is 0 Å². The van der Waals surface area contributed by atoms with Gasteiger partial charge in [-0.05, 0) is 189 Å². The van der Waals surface area contributed by atoms with Crippen LogP contribution in [-0.4, -0.2) is 9.55 Å². The molecule has 0 aliphatic rings. The summed E-state index contributed by atoms with van der Waals surface area (Å²) in [5.41, 5.74) is 27.5. The van der Waals surface area contributed by atoms with Crippen LogP contribution in [0.3, 0.4) is 0 Å². The van der Waals surface area contributed by atoms with Crippen LogP contribution in [0, 0.1) is 55.4 Å². The normalized spacial score (nSPS) is 11.8. The number of benzene rings is 9. The largest absolute Gasteiger partial charge is 0.354 e. The number of nitrogens with one attached hydrogen (secondary N) is 1. The number of rotatable bonds is 6. The highest BCUT2D eigenvalue weighted by atomic mass is 35.5. The zero-order valence-electron chi connectivity index (χ0n) is 38.3. The van der Waals surface area contributed by atoms with Crippen LogP contribution < -0.4 is 0 Å². The van der Waals surface area contributed by atoms with E-state index in [4.69, 9.17) is 11.6 Å². The number of H-pyrrole nitrogens is 1. The van der Waals surface area contributed by atoms with Crippen molar-refractivity contribution in [3.63, 3.8) is 0 Å². The maximum Gasteiger partial charge on any atom is 0.0545 e. The predicted molar refractivity (Wildman–Crippen MR) is 280 cm³/mol. The second kappa shape index (κ2) is 15.5. The smallest absolute Gasteiger partial charge is 0.0545 e. The molecule has 316 valence electrons. The summed E-state index contributed by atoms with van der Waals surface area (Å²) in [4.78, 5) is 3.88. The number of aromatic nitrogens is 2. The van der Waals surface area contributed by atoms with E-state index in [0.29, 0.717) is 5.02 Å². The van der Waals surface area contributed by atoms with E-state index in [2.05, 4.69) is 223 Å². The van der Waals surface area contributed by atoms with E-state index in [-0.39, 0.29) is 0 Å². The van der Waals surface area contributed by atoms with E-state index in [1.165, 1.54) is 105 Å². The summed E-state index contributed by atoms with van der Waals surface area (Å²) in [5, 5.41) is 5.52. The Bertz CT molecular complexity index is 3570. The topological polar surface area (TPSA) is 20.7 Å². The van der Waals surface area contributed by atoms with Gasteiger partial charge in [-0.15, -0.1) is 0 Å². The Balaban J connectivity index is 1.16. The van der Waals surface area contributed by atoms with E-state index >= 15 is 0 Å². The highest BCUT2D eigenvalue weighted by Gasteiger charge is 2.21. The van der Waals surface area contributed by atoms with Crippen LogP contribution in [-0.2, 0) is 0 Å². The molecule has 0 unspecified atom stereocenters. The van der Waals surface area contributed by atoms with E-state index in [9.17, 15) is 0 Å². The summed E-state index contributed by atoms with van der Waals surface area (Å²) in [7, 11) is 0. The molecule has 9 aromatic carbocycles. The van der Waals surface area contributed by atoms with Crippen molar-refractivity contribution in [3.05, 3.63) is 207 Å². The first-order valence-electron chi connectivity index (χ1n) is 22.7. The summed E-state index contributed by atoms with van der Waals surface area (Å²) in [6, 6.07) is 58.9. The Hall–Kier alpha value is -7.13. The Morgan fingerprint density at radius 3 is 1.37 bits per heavy atom. The van der Waals surface area contributed by atoms with Gasteiger partial charge in [-0.3, -0.25) is 0 Å². The van der Waals surface area contributed by atoms with Crippen molar-refractivity contribution < 1.29 is 0 Å². The fraction of sp³-hybridized carbons (Fsp3) is 0.129. The molecular formula is C62H51ClN2. The molecule has 0 aliphatic heterocycles. The third kappa shape index (κ3) is 6.96. The zero-order chi connectivity index (χ0) is 44.8. The Kier molecular flexibility index (Phi) is 9.72. The summed E-state index contributed by atoms with van der Waals surface area (Å²) in [5.74, 6) is 0. The average Bonchev–Trinajstić information content (AvgIpc) is 3.80. The van der Waals surface area contributed by atoms with E-state index in [1.54, 1.807) is 0 Å². The molecule has 0 atom stereocenters. The lowest BCUT2D eigenvalue weighted by molar-refractivity contribution is 1.18. The molecule has 1 N–H and O–H groups in total.